The van der Waals surface area contributed by atoms with Crippen LogP contribution in [0.15, 0.2) is 30.9 Å². The molecule has 0 saturated carbocycles. The maximum Gasteiger partial charge on any atom is 0.222 e. The highest BCUT2D eigenvalue weighted by molar-refractivity contribution is 5.77. The molecule has 0 bridgehead atoms. The van der Waals surface area contributed by atoms with E-state index in [1.807, 2.05) is 12.1 Å². The first-order valence-electron chi connectivity index (χ1n) is 10.5. The van der Waals surface area contributed by atoms with Crippen molar-refractivity contribution in [3.05, 3.63) is 47.7 Å². The van der Waals surface area contributed by atoms with Crippen molar-refractivity contribution >= 4 is 11.7 Å². The Hall–Kier alpha value is -2.50. The third-order valence-electron chi connectivity index (χ3n) is 6.68. The fraction of sp³-hybridized carbons (Fsp3) is 0.545. The van der Waals surface area contributed by atoms with Crippen LogP contribution in [0.5, 0.6) is 0 Å². The number of piperidine rings is 2. The molecule has 3 aliphatic rings. The molecule has 146 valence electrons. The van der Waals surface area contributed by atoms with Gasteiger partial charge in [-0.1, -0.05) is 0 Å². The van der Waals surface area contributed by atoms with Crippen LogP contribution >= 0.6 is 0 Å². The molecule has 1 aliphatic carbocycles. The predicted molar refractivity (Wildman–Crippen MR) is 107 cm³/mol. The van der Waals surface area contributed by atoms with Crippen LogP contribution in [0.25, 0.3) is 0 Å². The number of pyridine rings is 1. The van der Waals surface area contributed by atoms with Crippen molar-refractivity contribution in [2.24, 2.45) is 5.41 Å². The largest absolute Gasteiger partial charge is 0.356 e. The summed E-state index contributed by atoms with van der Waals surface area (Å²) in [6.07, 6.45) is 12.7. The normalized spacial score (nSPS) is 24.6. The Morgan fingerprint density at radius 3 is 2.79 bits per heavy atom. The van der Waals surface area contributed by atoms with Crippen molar-refractivity contribution in [3.8, 4) is 0 Å². The average molecular weight is 377 g/mol. The van der Waals surface area contributed by atoms with E-state index in [1.165, 1.54) is 24.1 Å². The molecule has 0 unspecified atom stereocenters. The van der Waals surface area contributed by atoms with Gasteiger partial charge in [0.2, 0.25) is 5.91 Å². The van der Waals surface area contributed by atoms with Crippen LogP contribution in [-0.2, 0) is 24.2 Å². The zero-order valence-corrected chi connectivity index (χ0v) is 16.3. The SMILES string of the molecule is O=C1CC[C@@]2(CCCN(c3ncnc4c3CCC4)C2)CN1Cc1ccncc1. The molecule has 0 radical (unpaired) electrons. The van der Waals surface area contributed by atoms with Gasteiger partial charge in [-0.25, -0.2) is 9.97 Å². The van der Waals surface area contributed by atoms with Crippen molar-refractivity contribution in [3.63, 3.8) is 0 Å². The number of hydrogen-bond acceptors (Lipinski definition) is 5. The Bertz CT molecular complexity index is 870. The Labute approximate surface area is 166 Å². The average Bonchev–Trinajstić information content (AvgIpc) is 3.21. The first-order valence-corrected chi connectivity index (χ1v) is 10.5. The van der Waals surface area contributed by atoms with Gasteiger partial charge in [0.05, 0.1) is 0 Å². The third kappa shape index (κ3) is 3.25. The van der Waals surface area contributed by atoms with Crippen LogP contribution < -0.4 is 4.90 Å². The number of nitrogens with zero attached hydrogens (tertiary/aromatic N) is 5. The summed E-state index contributed by atoms with van der Waals surface area (Å²) in [5.74, 6) is 1.43. The number of hydrogen-bond donors (Lipinski definition) is 0. The van der Waals surface area contributed by atoms with Gasteiger partial charge < -0.3 is 9.80 Å². The van der Waals surface area contributed by atoms with Gasteiger partial charge in [0.25, 0.3) is 0 Å². The Morgan fingerprint density at radius 1 is 1.00 bits per heavy atom. The number of carbonyl (C=O) groups is 1. The number of amides is 1. The zero-order chi connectivity index (χ0) is 19.0. The first kappa shape index (κ1) is 17.6. The highest BCUT2D eigenvalue weighted by atomic mass is 16.2. The highest BCUT2D eigenvalue weighted by Crippen LogP contribution is 2.41. The van der Waals surface area contributed by atoms with E-state index in [4.69, 9.17) is 0 Å². The van der Waals surface area contributed by atoms with E-state index in [1.54, 1.807) is 18.7 Å². The maximum absolute atomic E-state index is 12.6. The monoisotopic (exact) mass is 377 g/mol. The molecule has 1 amide bonds. The lowest BCUT2D eigenvalue weighted by molar-refractivity contribution is -0.138. The van der Waals surface area contributed by atoms with Gasteiger partial charge in [-0.3, -0.25) is 9.78 Å². The van der Waals surface area contributed by atoms with Crippen molar-refractivity contribution in [2.45, 2.75) is 51.5 Å². The van der Waals surface area contributed by atoms with Gasteiger partial charge >= 0.3 is 0 Å². The highest BCUT2D eigenvalue weighted by Gasteiger charge is 2.42. The Kier molecular flexibility index (Phi) is 4.49. The lowest BCUT2D eigenvalue weighted by Crippen LogP contribution is -2.54. The number of likely N-dealkylation sites (tertiary alicyclic amines) is 1. The fourth-order valence-corrected chi connectivity index (χ4v) is 5.29. The standard InChI is InChI=1S/C22H27N5O/c28-20-5-9-22(15-27(20)13-17-6-10-23-11-7-17)8-2-12-26(14-22)21-18-3-1-4-19(18)24-16-25-21/h6-7,10-11,16H,1-5,8-9,12-15H2/t22-/m1/s1. The van der Waals surface area contributed by atoms with E-state index < -0.39 is 0 Å². The number of anilines is 1. The van der Waals surface area contributed by atoms with E-state index >= 15 is 0 Å². The molecule has 6 heteroatoms. The van der Waals surface area contributed by atoms with E-state index in [2.05, 4.69) is 24.8 Å². The van der Waals surface area contributed by atoms with E-state index in [0.717, 1.165) is 56.7 Å². The number of aromatic nitrogens is 3. The molecule has 2 saturated heterocycles. The second kappa shape index (κ2) is 7.15. The van der Waals surface area contributed by atoms with Crippen molar-refractivity contribution in [1.82, 2.24) is 19.9 Å². The van der Waals surface area contributed by atoms with E-state index in [-0.39, 0.29) is 11.3 Å². The predicted octanol–water partition coefficient (Wildman–Crippen LogP) is 2.77. The van der Waals surface area contributed by atoms with Crippen molar-refractivity contribution in [1.29, 1.82) is 0 Å². The number of carbonyl (C=O) groups excluding carboxylic acids is 1. The summed E-state index contributed by atoms with van der Waals surface area (Å²) in [5.41, 5.74) is 3.93. The third-order valence-corrected chi connectivity index (χ3v) is 6.68. The molecular formula is C22H27N5O. The summed E-state index contributed by atoms with van der Waals surface area (Å²) in [6, 6.07) is 4.01. The molecule has 1 spiro atoms. The molecule has 2 fully saturated rings. The molecule has 28 heavy (non-hydrogen) atoms. The first-order chi connectivity index (χ1) is 13.7. The van der Waals surface area contributed by atoms with Crippen LogP contribution in [0.3, 0.4) is 0 Å². The van der Waals surface area contributed by atoms with Crippen molar-refractivity contribution in [2.75, 3.05) is 24.5 Å². The topological polar surface area (TPSA) is 62.2 Å². The van der Waals surface area contributed by atoms with Crippen LogP contribution in [0.2, 0.25) is 0 Å². The minimum absolute atomic E-state index is 0.176. The fourth-order valence-electron chi connectivity index (χ4n) is 5.29. The summed E-state index contributed by atoms with van der Waals surface area (Å²) in [6.45, 7) is 3.59. The quantitative estimate of drug-likeness (QED) is 0.823. The summed E-state index contributed by atoms with van der Waals surface area (Å²) in [7, 11) is 0. The van der Waals surface area contributed by atoms with E-state index in [0.29, 0.717) is 13.0 Å². The Morgan fingerprint density at radius 2 is 1.89 bits per heavy atom. The Balaban J connectivity index is 1.36. The second-order valence-electron chi connectivity index (χ2n) is 8.61. The molecule has 2 aromatic heterocycles. The smallest absolute Gasteiger partial charge is 0.222 e. The molecule has 2 aromatic rings. The lowest BCUT2D eigenvalue weighted by Gasteiger charge is -2.48. The van der Waals surface area contributed by atoms with Gasteiger partial charge in [0.15, 0.2) is 0 Å². The van der Waals surface area contributed by atoms with Gasteiger partial charge in [-0.05, 0) is 56.2 Å². The summed E-state index contributed by atoms with van der Waals surface area (Å²) < 4.78 is 0. The molecule has 4 heterocycles. The van der Waals surface area contributed by atoms with Gasteiger partial charge in [0.1, 0.15) is 12.1 Å². The summed E-state index contributed by atoms with van der Waals surface area (Å²) in [4.78, 5) is 30.4. The molecule has 5 rings (SSSR count). The minimum Gasteiger partial charge on any atom is -0.356 e. The molecular weight excluding hydrogens is 350 g/mol. The van der Waals surface area contributed by atoms with Crippen LogP contribution in [0, 0.1) is 5.41 Å². The molecule has 1 atom stereocenters. The molecule has 0 N–H and O–H groups in total. The van der Waals surface area contributed by atoms with Gasteiger partial charge in [0, 0.05) is 61.7 Å². The van der Waals surface area contributed by atoms with Gasteiger partial charge in [-0.2, -0.15) is 0 Å². The number of fused-ring (bicyclic) bond motifs is 1. The summed E-state index contributed by atoms with van der Waals surface area (Å²) in [5, 5.41) is 0. The molecule has 0 aromatic carbocycles. The second-order valence-corrected chi connectivity index (χ2v) is 8.61. The van der Waals surface area contributed by atoms with Crippen LogP contribution in [-0.4, -0.2) is 45.4 Å². The van der Waals surface area contributed by atoms with E-state index in [9.17, 15) is 4.79 Å². The molecule has 6 nitrogen and oxygen atoms in total. The van der Waals surface area contributed by atoms with Crippen molar-refractivity contribution < 1.29 is 4.79 Å². The van der Waals surface area contributed by atoms with Crippen LogP contribution in [0.1, 0.15) is 48.9 Å². The number of aryl methyl sites for hydroxylation is 1. The minimum atomic E-state index is 0.176. The number of rotatable bonds is 3. The maximum atomic E-state index is 12.6. The van der Waals surface area contributed by atoms with Gasteiger partial charge in [-0.15, -0.1) is 0 Å². The molecule has 2 aliphatic heterocycles. The van der Waals surface area contributed by atoms with Crippen LogP contribution in [0.4, 0.5) is 5.82 Å². The zero-order valence-electron chi connectivity index (χ0n) is 16.3. The lowest BCUT2D eigenvalue weighted by atomic mass is 9.73. The summed E-state index contributed by atoms with van der Waals surface area (Å²) >= 11 is 0.